The zero-order valence-electron chi connectivity index (χ0n) is 14.2. The van der Waals surface area contributed by atoms with Crippen molar-refractivity contribution in [3.8, 4) is 11.9 Å². The van der Waals surface area contributed by atoms with Crippen molar-refractivity contribution in [3.05, 3.63) is 36.3 Å². The Morgan fingerprint density at radius 2 is 2.04 bits per heavy atom. The second-order valence-electron chi connectivity index (χ2n) is 6.43. The van der Waals surface area contributed by atoms with E-state index in [-0.39, 0.29) is 0 Å². The van der Waals surface area contributed by atoms with Crippen molar-refractivity contribution in [1.29, 1.82) is 5.26 Å². The number of ether oxygens (including phenoxy) is 1. The quantitative estimate of drug-likeness (QED) is 0.846. The van der Waals surface area contributed by atoms with Gasteiger partial charge < -0.3 is 14.5 Å². The summed E-state index contributed by atoms with van der Waals surface area (Å²) in [6.07, 6.45) is 5.62. The van der Waals surface area contributed by atoms with E-state index in [1.54, 1.807) is 25.6 Å². The van der Waals surface area contributed by atoms with Gasteiger partial charge in [0.1, 0.15) is 17.6 Å². The normalized spacial score (nSPS) is 22.4. The minimum atomic E-state index is 0.363. The molecule has 2 aliphatic heterocycles. The Hall–Kier alpha value is -2.88. The van der Waals surface area contributed by atoms with Crippen LogP contribution in [-0.2, 0) is 0 Å². The third kappa shape index (κ3) is 2.84. The van der Waals surface area contributed by atoms with Gasteiger partial charge in [0.25, 0.3) is 5.88 Å². The van der Waals surface area contributed by atoms with Gasteiger partial charge >= 0.3 is 0 Å². The van der Waals surface area contributed by atoms with Gasteiger partial charge in [-0.05, 0) is 30.9 Å². The Bertz CT molecular complexity index is 804. The highest BCUT2D eigenvalue weighted by molar-refractivity contribution is 5.51. The first-order valence-electron chi connectivity index (χ1n) is 8.54. The van der Waals surface area contributed by atoms with Crippen LogP contribution in [-0.4, -0.2) is 47.7 Å². The van der Waals surface area contributed by atoms with E-state index in [1.807, 2.05) is 12.1 Å². The number of methoxy groups -OCH3 is 1. The van der Waals surface area contributed by atoms with Crippen molar-refractivity contribution >= 4 is 11.6 Å². The van der Waals surface area contributed by atoms with Gasteiger partial charge in [-0.3, -0.25) is 0 Å². The second-order valence-corrected chi connectivity index (χ2v) is 6.43. The molecule has 0 amide bonds. The van der Waals surface area contributed by atoms with Crippen molar-refractivity contribution in [2.45, 2.75) is 18.9 Å². The minimum absolute atomic E-state index is 0.363. The van der Waals surface area contributed by atoms with Crippen molar-refractivity contribution in [2.75, 3.05) is 36.5 Å². The highest BCUT2D eigenvalue weighted by Crippen LogP contribution is 2.36. The summed E-state index contributed by atoms with van der Waals surface area (Å²) in [5.74, 6) is 2.90. The lowest BCUT2D eigenvalue weighted by Gasteiger charge is -2.39. The second kappa shape index (κ2) is 6.55. The standard InChI is InChI=1S/C18H20N6O/c1-25-18-17(20-7-8-21-18)23-9-5-13-6-10-24(15(13)12-23)16-4-2-3-14(11-19)22-16/h2-4,7-8,13,15H,5-6,9-10,12H2,1H3. The lowest BCUT2D eigenvalue weighted by atomic mass is 9.92. The summed E-state index contributed by atoms with van der Waals surface area (Å²) >= 11 is 0. The van der Waals surface area contributed by atoms with Crippen LogP contribution in [0.5, 0.6) is 5.88 Å². The van der Waals surface area contributed by atoms with Crippen molar-refractivity contribution in [3.63, 3.8) is 0 Å². The molecule has 2 atom stereocenters. The maximum Gasteiger partial charge on any atom is 0.257 e. The highest BCUT2D eigenvalue weighted by atomic mass is 16.5. The summed E-state index contributed by atoms with van der Waals surface area (Å²) in [6, 6.07) is 8.13. The summed E-state index contributed by atoms with van der Waals surface area (Å²) in [5, 5.41) is 9.12. The van der Waals surface area contributed by atoms with Gasteiger partial charge in [-0.15, -0.1) is 0 Å². The van der Waals surface area contributed by atoms with E-state index in [9.17, 15) is 0 Å². The Morgan fingerprint density at radius 1 is 1.20 bits per heavy atom. The van der Waals surface area contributed by atoms with Crippen molar-refractivity contribution < 1.29 is 4.74 Å². The molecule has 0 radical (unpaired) electrons. The molecular weight excluding hydrogens is 316 g/mol. The lowest BCUT2D eigenvalue weighted by Crippen LogP contribution is -2.49. The fourth-order valence-electron chi connectivity index (χ4n) is 3.94. The van der Waals surface area contributed by atoms with Gasteiger partial charge in [0.15, 0.2) is 5.82 Å². The molecule has 7 nitrogen and oxygen atoms in total. The van der Waals surface area contributed by atoms with Crippen LogP contribution in [0.3, 0.4) is 0 Å². The van der Waals surface area contributed by atoms with Crippen LogP contribution in [0.2, 0.25) is 0 Å². The molecule has 4 rings (SSSR count). The molecule has 2 saturated heterocycles. The van der Waals surface area contributed by atoms with E-state index >= 15 is 0 Å². The number of pyridine rings is 1. The number of fused-ring (bicyclic) bond motifs is 1. The fourth-order valence-corrected chi connectivity index (χ4v) is 3.94. The van der Waals surface area contributed by atoms with Crippen LogP contribution in [0.25, 0.3) is 0 Å². The van der Waals surface area contributed by atoms with Crippen LogP contribution >= 0.6 is 0 Å². The highest BCUT2D eigenvalue weighted by Gasteiger charge is 2.40. The summed E-state index contributed by atoms with van der Waals surface area (Å²) < 4.78 is 5.37. The maximum absolute atomic E-state index is 9.12. The van der Waals surface area contributed by atoms with Gasteiger partial charge in [-0.25, -0.2) is 15.0 Å². The lowest BCUT2D eigenvalue weighted by molar-refractivity contribution is 0.371. The molecule has 25 heavy (non-hydrogen) atoms. The van der Waals surface area contributed by atoms with Crippen LogP contribution in [0.15, 0.2) is 30.6 Å². The fraction of sp³-hybridized carbons (Fsp3) is 0.444. The van der Waals surface area contributed by atoms with Crippen LogP contribution in [0.4, 0.5) is 11.6 Å². The zero-order valence-corrected chi connectivity index (χ0v) is 14.2. The van der Waals surface area contributed by atoms with E-state index in [2.05, 4.69) is 30.8 Å². The molecule has 2 aromatic rings. The molecule has 0 N–H and O–H groups in total. The molecular formula is C18H20N6O. The van der Waals surface area contributed by atoms with Gasteiger partial charge in [-0.1, -0.05) is 6.07 Å². The summed E-state index contributed by atoms with van der Waals surface area (Å²) in [4.78, 5) is 17.8. The van der Waals surface area contributed by atoms with E-state index in [0.29, 0.717) is 23.5 Å². The molecule has 2 fully saturated rings. The van der Waals surface area contributed by atoms with E-state index < -0.39 is 0 Å². The third-order valence-corrected chi connectivity index (χ3v) is 5.15. The molecule has 128 valence electrons. The van der Waals surface area contributed by atoms with Crippen LogP contribution in [0.1, 0.15) is 18.5 Å². The Balaban J connectivity index is 1.59. The molecule has 0 aliphatic carbocycles. The van der Waals surface area contributed by atoms with E-state index in [0.717, 1.165) is 44.1 Å². The number of nitrogens with zero attached hydrogens (tertiary/aromatic N) is 6. The van der Waals surface area contributed by atoms with Gasteiger partial charge in [0.05, 0.1) is 13.2 Å². The average molecular weight is 336 g/mol. The minimum Gasteiger partial charge on any atom is -0.478 e. The van der Waals surface area contributed by atoms with Crippen molar-refractivity contribution in [1.82, 2.24) is 15.0 Å². The molecule has 0 spiro atoms. The van der Waals surface area contributed by atoms with Gasteiger partial charge in [0.2, 0.25) is 0 Å². The summed E-state index contributed by atoms with van der Waals surface area (Å²) in [7, 11) is 1.62. The zero-order chi connectivity index (χ0) is 17.2. The van der Waals surface area contributed by atoms with Gasteiger partial charge in [-0.2, -0.15) is 5.26 Å². The number of nitriles is 1. The van der Waals surface area contributed by atoms with Crippen LogP contribution < -0.4 is 14.5 Å². The number of piperidine rings is 1. The molecule has 2 aliphatic rings. The predicted octanol–water partition coefficient (Wildman–Crippen LogP) is 1.86. The molecule has 0 bridgehead atoms. The first kappa shape index (κ1) is 15.6. The smallest absolute Gasteiger partial charge is 0.257 e. The number of hydrogen-bond donors (Lipinski definition) is 0. The van der Waals surface area contributed by atoms with Gasteiger partial charge in [0, 0.05) is 32.0 Å². The molecule has 2 aromatic heterocycles. The molecule has 7 heteroatoms. The maximum atomic E-state index is 9.12. The summed E-state index contributed by atoms with van der Waals surface area (Å²) in [5.41, 5.74) is 0.462. The first-order chi connectivity index (χ1) is 12.3. The topological polar surface area (TPSA) is 78.2 Å². The monoisotopic (exact) mass is 336 g/mol. The largest absolute Gasteiger partial charge is 0.478 e. The molecule has 0 aromatic carbocycles. The number of rotatable bonds is 3. The SMILES string of the molecule is COc1nccnc1N1CCC2CCN(c3cccc(C#N)n3)C2C1. The summed E-state index contributed by atoms with van der Waals surface area (Å²) in [6.45, 7) is 2.79. The molecule has 4 heterocycles. The molecule has 0 saturated carbocycles. The third-order valence-electron chi connectivity index (χ3n) is 5.15. The first-order valence-corrected chi connectivity index (χ1v) is 8.54. The average Bonchev–Trinajstić information content (AvgIpc) is 3.11. The van der Waals surface area contributed by atoms with E-state index in [1.165, 1.54) is 0 Å². The number of hydrogen-bond acceptors (Lipinski definition) is 7. The van der Waals surface area contributed by atoms with Crippen molar-refractivity contribution in [2.24, 2.45) is 5.92 Å². The predicted molar refractivity (Wildman–Crippen MR) is 93.6 cm³/mol. The van der Waals surface area contributed by atoms with E-state index in [4.69, 9.17) is 10.00 Å². The Labute approximate surface area is 146 Å². The Kier molecular flexibility index (Phi) is 4.10. The number of anilines is 2. The number of aromatic nitrogens is 3. The molecule has 2 unspecified atom stereocenters. The Morgan fingerprint density at radius 3 is 2.88 bits per heavy atom. The van der Waals surface area contributed by atoms with Crippen LogP contribution in [0, 0.1) is 17.2 Å².